The molecule has 6 nitrogen and oxygen atoms in total. The summed E-state index contributed by atoms with van der Waals surface area (Å²) in [6.45, 7) is 3.74. The van der Waals surface area contributed by atoms with Crippen LogP contribution in [0, 0.1) is 0 Å². The summed E-state index contributed by atoms with van der Waals surface area (Å²) in [6, 6.07) is 4.45. The molecule has 1 atom stereocenters. The van der Waals surface area contributed by atoms with E-state index in [0.29, 0.717) is 11.3 Å². The maximum absolute atomic E-state index is 12.2. The number of sulfonamides is 1. The molecule has 8 heteroatoms. The van der Waals surface area contributed by atoms with E-state index < -0.39 is 10.0 Å². The van der Waals surface area contributed by atoms with E-state index in [9.17, 15) is 13.2 Å². The Balaban J connectivity index is 2.33. The average molecular weight is 327 g/mol. The van der Waals surface area contributed by atoms with E-state index >= 15 is 0 Å². The second-order valence-electron chi connectivity index (χ2n) is 4.77. The Morgan fingerprint density at radius 3 is 2.76 bits per heavy atom. The quantitative estimate of drug-likeness (QED) is 0.904. The molecule has 0 saturated heterocycles. The van der Waals surface area contributed by atoms with Gasteiger partial charge in [-0.2, -0.15) is 5.10 Å². The molecule has 0 fully saturated rings. The van der Waals surface area contributed by atoms with Crippen molar-refractivity contribution in [1.29, 1.82) is 0 Å². The molecule has 2 aromatic heterocycles. The minimum Gasteiger partial charge on any atom is -0.268 e. The van der Waals surface area contributed by atoms with Gasteiger partial charge in [-0.15, -0.1) is 11.3 Å². The van der Waals surface area contributed by atoms with Crippen molar-refractivity contribution in [3.63, 3.8) is 0 Å². The van der Waals surface area contributed by atoms with E-state index in [-0.39, 0.29) is 15.8 Å². The number of rotatable bonds is 5. The zero-order chi connectivity index (χ0) is 15.6. The third-order valence-corrected chi connectivity index (χ3v) is 6.09. The molecule has 0 aliphatic rings. The molecule has 0 aliphatic carbocycles. The first-order valence-electron chi connectivity index (χ1n) is 6.49. The summed E-state index contributed by atoms with van der Waals surface area (Å²) in [5.41, 5.74) is 1.04. The molecular weight excluding hydrogens is 310 g/mol. The minimum atomic E-state index is -3.50. The summed E-state index contributed by atoms with van der Waals surface area (Å²) in [4.78, 5) is 11.3. The summed E-state index contributed by atoms with van der Waals surface area (Å²) < 4.78 is 28.5. The predicted molar refractivity (Wildman–Crippen MR) is 82.9 cm³/mol. The van der Waals surface area contributed by atoms with Crippen molar-refractivity contribution in [2.75, 3.05) is 0 Å². The van der Waals surface area contributed by atoms with Crippen LogP contribution in [0.25, 0.3) is 11.3 Å². The van der Waals surface area contributed by atoms with Crippen LogP contribution in [0.2, 0.25) is 0 Å². The molecular formula is C13H17N3O3S2. The molecule has 0 amide bonds. The molecule has 114 valence electrons. The zero-order valence-corrected chi connectivity index (χ0v) is 13.7. The number of hydrogen-bond donors (Lipinski definition) is 1. The first kappa shape index (κ1) is 15.9. The maximum Gasteiger partial charge on any atom is 0.266 e. The number of thiophene rings is 1. The van der Waals surface area contributed by atoms with Gasteiger partial charge >= 0.3 is 0 Å². The monoisotopic (exact) mass is 327 g/mol. The summed E-state index contributed by atoms with van der Waals surface area (Å²) in [7, 11) is -1.95. The van der Waals surface area contributed by atoms with Gasteiger partial charge in [-0.25, -0.2) is 17.8 Å². The summed E-state index contributed by atoms with van der Waals surface area (Å²) in [5, 5.41) is 5.83. The van der Waals surface area contributed by atoms with E-state index in [1.165, 1.54) is 10.7 Å². The fourth-order valence-electron chi connectivity index (χ4n) is 1.65. The Kier molecular flexibility index (Phi) is 4.60. The standard InChI is InChI=1S/C13H17N3O3S2/c1-4-9(2)15-21(18,19)13-7-10(8-20-13)11-5-6-12(17)16(3)14-11/h5-9,15H,4H2,1-3H3/t9-/m1/s1. The molecule has 0 radical (unpaired) electrons. The molecule has 2 rings (SSSR count). The van der Waals surface area contributed by atoms with Crippen molar-refractivity contribution in [3.05, 3.63) is 33.9 Å². The summed E-state index contributed by atoms with van der Waals surface area (Å²) >= 11 is 1.14. The van der Waals surface area contributed by atoms with E-state index in [1.54, 1.807) is 24.6 Å². The lowest BCUT2D eigenvalue weighted by Gasteiger charge is -2.10. The number of nitrogens with one attached hydrogen (secondary N) is 1. The topological polar surface area (TPSA) is 81.1 Å². The van der Waals surface area contributed by atoms with E-state index in [4.69, 9.17) is 0 Å². The van der Waals surface area contributed by atoms with Gasteiger partial charge in [0.2, 0.25) is 10.0 Å². The number of hydrogen-bond acceptors (Lipinski definition) is 5. The highest BCUT2D eigenvalue weighted by molar-refractivity contribution is 7.91. The van der Waals surface area contributed by atoms with Gasteiger partial charge in [-0.05, 0) is 25.5 Å². The fourth-order valence-corrected chi connectivity index (χ4v) is 4.17. The van der Waals surface area contributed by atoms with Gasteiger partial charge in [0, 0.05) is 30.1 Å². The Morgan fingerprint density at radius 2 is 2.14 bits per heavy atom. The van der Waals surface area contributed by atoms with Crippen molar-refractivity contribution in [3.8, 4) is 11.3 Å². The van der Waals surface area contributed by atoms with Crippen LogP contribution in [0.15, 0.2) is 32.6 Å². The zero-order valence-electron chi connectivity index (χ0n) is 12.0. The molecule has 0 aromatic carbocycles. The van der Waals surface area contributed by atoms with E-state index in [0.717, 1.165) is 17.8 Å². The van der Waals surface area contributed by atoms with Gasteiger partial charge in [-0.1, -0.05) is 6.92 Å². The van der Waals surface area contributed by atoms with Crippen molar-refractivity contribution in [1.82, 2.24) is 14.5 Å². The third-order valence-electron chi connectivity index (χ3n) is 3.07. The molecule has 0 spiro atoms. The second kappa shape index (κ2) is 6.08. The van der Waals surface area contributed by atoms with Crippen LogP contribution in [0.3, 0.4) is 0 Å². The highest BCUT2D eigenvalue weighted by Crippen LogP contribution is 2.26. The lowest BCUT2D eigenvalue weighted by atomic mass is 10.2. The van der Waals surface area contributed by atoms with Crippen LogP contribution in [0.1, 0.15) is 20.3 Å². The average Bonchev–Trinajstić information content (AvgIpc) is 2.92. The van der Waals surface area contributed by atoms with Gasteiger partial charge in [0.1, 0.15) is 4.21 Å². The van der Waals surface area contributed by atoms with Crippen molar-refractivity contribution in [2.24, 2.45) is 7.05 Å². The first-order chi connectivity index (χ1) is 9.83. The number of nitrogens with zero attached hydrogens (tertiary/aromatic N) is 2. The maximum atomic E-state index is 12.2. The highest BCUT2D eigenvalue weighted by Gasteiger charge is 2.19. The van der Waals surface area contributed by atoms with Crippen molar-refractivity contribution in [2.45, 2.75) is 30.5 Å². The lowest BCUT2D eigenvalue weighted by molar-refractivity contribution is 0.558. The smallest absolute Gasteiger partial charge is 0.266 e. The second-order valence-corrected chi connectivity index (χ2v) is 7.62. The van der Waals surface area contributed by atoms with Crippen LogP contribution in [0.5, 0.6) is 0 Å². The van der Waals surface area contributed by atoms with Gasteiger partial charge in [0.25, 0.3) is 5.56 Å². The van der Waals surface area contributed by atoms with Crippen molar-refractivity contribution < 1.29 is 8.42 Å². The molecule has 0 saturated carbocycles. The Labute approximate surface area is 127 Å². The lowest BCUT2D eigenvalue weighted by Crippen LogP contribution is -2.31. The first-order valence-corrected chi connectivity index (χ1v) is 8.85. The Bertz CT molecular complexity index is 793. The van der Waals surface area contributed by atoms with E-state index in [1.807, 2.05) is 13.8 Å². The molecule has 0 unspecified atom stereocenters. The summed E-state index contributed by atoms with van der Waals surface area (Å²) in [5.74, 6) is 0. The molecule has 21 heavy (non-hydrogen) atoms. The molecule has 0 aliphatic heterocycles. The number of aryl methyl sites for hydroxylation is 1. The number of aromatic nitrogens is 2. The third kappa shape index (κ3) is 3.58. The molecule has 0 bridgehead atoms. The Hall–Kier alpha value is -1.51. The largest absolute Gasteiger partial charge is 0.268 e. The van der Waals surface area contributed by atoms with Gasteiger partial charge in [0.15, 0.2) is 0 Å². The summed E-state index contributed by atoms with van der Waals surface area (Å²) in [6.07, 6.45) is 0.722. The normalized spacial score (nSPS) is 13.3. The van der Waals surface area contributed by atoms with Crippen LogP contribution in [-0.4, -0.2) is 24.2 Å². The predicted octanol–water partition coefficient (Wildman–Crippen LogP) is 1.59. The highest BCUT2D eigenvalue weighted by atomic mass is 32.2. The molecule has 1 N–H and O–H groups in total. The molecule has 2 aromatic rings. The van der Waals surface area contributed by atoms with E-state index in [2.05, 4.69) is 9.82 Å². The van der Waals surface area contributed by atoms with Crippen LogP contribution in [0.4, 0.5) is 0 Å². The minimum absolute atomic E-state index is 0.115. The van der Waals surface area contributed by atoms with Crippen LogP contribution >= 0.6 is 11.3 Å². The SMILES string of the molecule is CC[C@@H](C)NS(=O)(=O)c1cc(-c2ccc(=O)n(C)n2)cs1. The van der Waals surface area contributed by atoms with Crippen LogP contribution < -0.4 is 10.3 Å². The fraction of sp³-hybridized carbons (Fsp3) is 0.385. The van der Waals surface area contributed by atoms with Gasteiger partial charge in [-0.3, -0.25) is 4.79 Å². The molecule has 2 heterocycles. The van der Waals surface area contributed by atoms with Crippen molar-refractivity contribution >= 4 is 21.4 Å². The van der Waals surface area contributed by atoms with Gasteiger partial charge in [0.05, 0.1) is 5.69 Å². The van der Waals surface area contributed by atoms with Crippen LogP contribution in [-0.2, 0) is 17.1 Å². The Morgan fingerprint density at radius 1 is 1.43 bits per heavy atom. The van der Waals surface area contributed by atoms with Gasteiger partial charge < -0.3 is 0 Å².